The summed E-state index contributed by atoms with van der Waals surface area (Å²) in [6.07, 6.45) is 1.51. The van der Waals surface area contributed by atoms with Crippen LogP contribution in [0.2, 0.25) is 0 Å². The third-order valence-electron chi connectivity index (χ3n) is 3.68. The molecule has 1 unspecified atom stereocenters. The number of benzene rings is 1. The summed E-state index contributed by atoms with van der Waals surface area (Å²) in [5.41, 5.74) is 5.84. The molecule has 4 nitrogen and oxygen atoms in total. The number of hydrogen-bond donors (Lipinski definition) is 1. The maximum absolute atomic E-state index is 13.1. The largest absolute Gasteiger partial charge is 0.328 e. The van der Waals surface area contributed by atoms with Gasteiger partial charge in [-0.05, 0) is 43.9 Å². The van der Waals surface area contributed by atoms with Crippen molar-refractivity contribution in [2.75, 3.05) is 13.1 Å². The van der Waals surface area contributed by atoms with Crippen LogP contribution in [0.3, 0.4) is 0 Å². The third-order valence-corrected chi connectivity index (χ3v) is 5.57. The molecule has 1 saturated heterocycles. The number of hydrogen-bond acceptors (Lipinski definition) is 3. The molecule has 20 heavy (non-hydrogen) atoms. The lowest BCUT2D eigenvalue weighted by atomic mass is 9.92. The topological polar surface area (TPSA) is 63.4 Å². The van der Waals surface area contributed by atoms with Gasteiger partial charge in [-0.1, -0.05) is 6.07 Å². The molecule has 0 saturated carbocycles. The standard InChI is InChI=1S/C13H19FN2O2S.ClH/c1-10(15)11-5-7-16(8-6-11)19(17,18)13-4-2-3-12(14)9-13;/h2-4,9-11H,5-8,15H2,1H3;1H. The smallest absolute Gasteiger partial charge is 0.243 e. The Hall–Kier alpha value is -0.690. The molecule has 0 spiro atoms. The molecular weight excluding hydrogens is 303 g/mol. The summed E-state index contributed by atoms with van der Waals surface area (Å²) in [6.45, 7) is 2.84. The van der Waals surface area contributed by atoms with E-state index in [1.807, 2.05) is 6.92 Å². The van der Waals surface area contributed by atoms with E-state index < -0.39 is 15.8 Å². The third kappa shape index (κ3) is 3.69. The number of halogens is 2. The number of rotatable bonds is 3. The molecule has 1 atom stereocenters. The van der Waals surface area contributed by atoms with Gasteiger partial charge in [-0.3, -0.25) is 0 Å². The minimum Gasteiger partial charge on any atom is -0.328 e. The Kier molecular flexibility index (Phi) is 5.94. The summed E-state index contributed by atoms with van der Waals surface area (Å²) in [4.78, 5) is 0.0201. The first-order valence-corrected chi connectivity index (χ1v) is 7.86. The Bertz CT molecular complexity index is 543. The van der Waals surface area contributed by atoms with E-state index in [4.69, 9.17) is 5.73 Å². The van der Waals surface area contributed by atoms with Crippen LogP contribution in [-0.4, -0.2) is 31.9 Å². The fourth-order valence-corrected chi connectivity index (χ4v) is 3.92. The van der Waals surface area contributed by atoms with Crippen LogP contribution in [0.25, 0.3) is 0 Å². The molecule has 0 amide bonds. The van der Waals surface area contributed by atoms with E-state index in [2.05, 4.69) is 0 Å². The summed E-state index contributed by atoms with van der Waals surface area (Å²) < 4.78 is 39.2. The first-order chi connectivity index (χ1) is 8.91. The van der Waals surface area contributed by atoms with Gasteiger partial charge in [0.15, 0.2) is 0 Å². The molecule has 1 heterocycles. The molecule has 1 aliphatic heterocycles. The van der Waals surface area contributed by atoms with Gasteiger partial charge in [0, 0.05) is 19.1 Å². The van der Waals surface area contributed by atoms with E-state index >= 15 is 0 Å². The van der Waals surface area contributed by atoms with Crippen LogP contribution >= 0.6 is 12.4 Å². The van der Waals surface area contributed by atoms with Crippen LogP contribution in [0.5, 0.6) is 0 Å². The summed E-state index contributed by atoms with van der Waals surface area (Å²) in [6, 6.07) is 5.22. The summed E-state index contributed by atoms with van der Waals surface area (Å²) in [5.74, 6) is -0.175. The Morgan fingerprint density at radius 1 is 1.35 bits per heavy atom. The minimum atomic E-state index is -3.58. The molecule has 1 aromatic carbocycles. The van der Waals surface area contributed by atoms with E-state index in [0.717, 1.165) is 18.9 Å². The van der Waals surface area contributed by atoms with Crippen molar-refractivity contribution in [1.29, 1.82) is 0 Å². The van der Waals surface area contributed by atoms with Crippen LogP contribution in [-0.2, 0) is 10.0 Å². The quantitative estimate of drug-likeness (QED) is 0.925. The average molecular weight is 323 g/mol. The SMILES string of the molecule is CC(N)C1CCN(S(=O)(=O)c2cccc(F)c2)CC1.Cl. The van der Waals surface area contributed by atoms with Gasteiger partial charge in [0.05, 0.1) is 4.90 Å². The van der Waals surface area contributed by atoms with Gasteiger partial charge >= 0.3 is 0 Å². The van der Waals surface area contributed by atoms with Crippen molar-refractivity contribution in [1.82, 2.24) is 4.31 Å². The van der Waals surface area contributed by atoms with E-state index in [0.29, 0.717) is 19.0 Å². The highest BCUT2D eigenvalue weighted by Crippen LogP contribution is 2.25. The number of nitrogens with zero attached hydrogens (tertiary/aromatic N) is 1. The zero-order valence-corrected chi connectivity index (χ0v) is 13.0. The monoisotopic (exact) mass is 322 g/mol. The second-order valence-corrected chi connectivity index (χ2v) is 7.00. The fraction of sp³-hybridized carbons (Fsp3) is 0.538. The molecule has 114 valence electrons. The molecule has 0 bridgehead atoms. The number of piperidine rings is 1. The zero-order valence-electron chi connectivity index (χ0n) is 11.3. The van der Waals surface area contributed by atoms with Crippen LogP contribution in [0.15, 0.2) is 29.2 Å². The molecular formula is C13H20ClFN2O2S. The molecule has 2 N–H and O–H groups in total. The Labute approximate surface area is 125 Å². The highest BCUT2D eigenvalue weighted by molar-refractivity contribution is 7.89. The molecule has 7 heteroatoms. The highest BCUT2D eigenvalue weighted by Gasteiger charge is 2.30. The second-order valence-electron chi connectivity index (χ2n) is 5.06. The average Bonchev–Trinajstić information content (AvgIpc) is 2.39. The van der Waals surface area contributed by atoms with Gasteiger partial charge < -0.3 is 5.73 Å². The fourth-order valence-electron chi connectivity index (χ4n) is 2.42. The van der Waals surface area contributed by atoms with Crippen molar-refractivity contribution < 1.29 is 12.8 Å². The molecule has 0 radical (unpaired) electrons. The predicted octanol–water partition coefficient (Wildman–Crippen LogP) is 2.00. The summed E-state index contributed by atoms with van der Waals surface area (Å²) in [5, 5.41) is 0. The van der Waals surface area contributed by atoms with Gasteiger partial charge in [0.1, 0.15) is 5.82 Å². The second kappa shape index (κ2) is 6.85. The molecule has 0 aromatic heterocycles. The van der Waals surface area contributed by atoms with Gasteiger partial charge in [0.25, 0.3) is 0 Å². The van der Waals surface area contributed by atoms with Crippen LogP contribution in [0.4, 0.5) is 4.39 Å². The minimum absolute atomic E-state index is 0. The first kappa shape index (κ1) is 17.4. The van der Waals surface area contributed by atoms with Crippen molar-refractivity contribution in [3.63, 3.8) is 0 Å². The maximum Gasteiger partial charge on any atom is 0.243 e. The van der Waals surface area contributed by atoms with Crippen LogP contribution in [0.1, 0.15) is 19.8 Å². The van der Waals surface area contributed by atoms with E-state index in [1.54, 1.807) is 0 Å². The zero-order chi connectivity index (χ0) is 14.0. The number of sulfonamides is 1. The normalized spacial score (nSPS) is 19.4. The van der Waals surface area contributed by atoms with Crippen molar-refractivity contribution >= 4 is 22.4 Å². The van der Waals surface area contributed by atoms with Crippen molar-refractivity contribution in [2.45, 2.75) is 30.7 Å². The van der Waals surface area contributed by atoms with Crippen LogP contribution < -0.4 is 5.73 Å². The molecule has 1 fully saturated rings. The molecule has 0 aliphatic carbocycles. The van der Waals surface area contributed by atoms with Gasteiger partial charge in [-0.2, -0.15) is 4.31 Å². The van der Waals surface area contributed by atoms with Crippen LogP contribution in [0, 0.1) is 11.7 Å². The lowest BCUT2D eigenvalue weighted by molar-refractivity contribution is 0.250. The highest BCUT2D eigenvalue weighted by atomic mass is 35.5. The van der Waals surface area contributed by atoms with Gasteiger partial charge in [0.2, 0.25) is 10.0 Å². The van der Waals surface area contributed by atoms with E-state index in [1.165, 1.54) is 22.5 Å². The van der Waals surface area contributed by atoms with Gasteiger partial charge in [-0.15, -0.1) is 12.4 Å². The Morgan fingerprint density at radius 3 is 2.45 bits per heavy atom. The van der Waals surface area contributed by atoms with E-state index in [9.17, 15) is 12.8 Å². The Morgan fingerprint density at radius 2 is 1.95 bits per heavy atom. The summed E-state index contributed by atoms with van der Waals surface area (Å²) >= 11 is 0. The predicted molar refractivity (Wildman–Crippen MR) is 78.8 cm³/mol. The van der Waals surface area contributed by atoms with Crippen molar-refractivity contribution in [3.05, 3.63) is 30.1 Å². The molecule has 1 aliphatic rings. The number of nitrogens with two attached hydrogens (primary N) is 1. The lowest BCUT2D eigenvalue weighted by Gasteiger charge is -2.32. The Balaban J connectivity index is 0.00000200. The van der Waals surface area contributed by atoms with E-state index in [-0.39, 0.29) is 23.3 Å². The maximum atomic E-state index is 13.1. The first-order valence-electron chi connectivity index (χ1n) is 6.42. The van der Waals surface area contributed by atoms with Crippen molar-refractivity contribution in [3.8, 4) is 0 Å². The van der Waals surface area contributed by atoms with Gasteiger partial charge in [-0.25, -0.2) is 12.8 Å². The molecule has 1 aromatic rings. The summed E-state index contributed by atoms with van der Waals surface area (Å²) in [7, 11) is -3.58. The van der Waals surface area contributed by atoms with Crippen molar-refractivity contribution in [2.24, 2.45) is 11.7 Å². The molecule has 2 rings (SSSR count). The lowest BCUT2D eigenvalue weighted by Crippen LogP contribution is -2.42.